The fourth-order valence-corrected chi connectivity index (χ4v) is 3.87. The van der Waals surface area contributed by atoms with E-state index < -0.39 is 0 Å². The number of hydrogen-bond donors (Lipinski definition) is 2. The highest BCUT2D eigenvalue weighted by atomic mass is 16.3. The number of rotatable bonds is 4. The molecule has 2 saturated heterocycles. The molecule has 0 aliphatic carbocycles. The lowest BCUT2D eigenvalue weighted by atomic mass is 9.98. The molecule has 2 atom stereocenters. The van der Waals surface area contributed by atoms with Crippen LogP contribution in [0, 0.1) is 0 Å². The molecule has 0 spiro atoms. The molecule has 138 valence electrons. The Morgan fingerprint density at radius 3 is 2.72 bits per heavy atom. The first-order valence-electron chi connectivity index (χ1n) is 9.33. The van der Waals surface area contributed by atoms with Crippen molar-refractivity contribution in [1.29, 1.82) is 0 Å². The molecular formula is C19H30N4O2. The Hall–Kier alpha value is -1.63. The second-order valence-corrected chi connectivity index (χ2v) is 7.13. The van der Waals surface area contributed by atoms with E-state index in [1.54, 1.807) is 12.1 Å². The largest absolute Gasteiger partial charge is 0.508 e. The molecule has 1 aromatic carbocycles. The summed E-state index contributed by atoms with van der Waals surface area (Å²) in [5.41, 5.74) is 0.893. The Labute approximate surface area is 150 Å². The van der Waals surface area contributed by atoms with Gasteiger partial charge in [-0.25, -0.2) is 0 Å². The van der Waals surface area contributed by atoms with Crippen molar-refractivity contribution in [3.05, 3.63) is 29.8 Å². The molecule has 2 heterocycles. The molecule has 0 radical (unpaired) electrons. The number of piperazine rings is 2. The minimum Gasteiger partial charge on any atom is -0.508 e. The Kier molecular flexibility index (Phi) is 5.93. The normalized spacial score (nSPS) is 24.2. The van der Waals surface area contributed by atoms with Gasteiger partial charge in [0.25, 0.3) is 0 Å². The van der Waals surface area contributed by atoms with Gasteiger partial charge in [-0.2, -0.15) is 0 Å². The van der Waals surface area contributed by atoms with Crippen LogP contribution in [-0.4, -0.2) is 84.6 Å². The standard InChI is InChI=1S/C19H30N4O2/c1-3-16-14-20-7-8-23(16)18(15-5-4-6-17(24)13-15)19(25)22-11-9-21(2)10-12-22/h4-6,13,16,18,20,24H,3,7-12,14H2,1-2H3. The van der Waals surface area contributed by atoms with Gasteiger partial charge in [0.2, 0.25) is 5.91 Å². The van der Waals surface area contributed by atoms with Gasteiger partial charge >= 0.3 is 0 Å². The topological polar surface area (TPSA) is 59.1 Å². The number of carbonyl (C=O) groups excluding carboxylic acids is 1. The van der Waals surface area contributed by atoms with Crippen LogP contribution >= 0.6 is 0 Å². The second-order valence-electron chi connectivity index (χ2n) is 7.13. The molecule has 1 aromatic rings. The van der Waals surface area contributed by atoms with E-state index in [-0.39, 0.29) is 17.7 Å². The van der Waals surface area contributed by atoms with Gasteiger partial charge in [0.15, 0.2) is 0 Å². The Morgan fingerprint density at radius 2 is 2.04 bits per heavy atom. The maximum absolute atomic E-state index is 13.4. The lowest BCUT2D eigenvalue weighted by Gasteiger charge is -2.43. The summed E-state index contributed by atoms with van der Waals surface area (Å²) in [6.07, 6.45) is 0.998. The van der Waals surface area contributed by atoms with Crippen LogP contribution in [-0.2, 0) is 4.79 Å². The van der Waals surface area contributed by atoms with Crippen LogP contribution in [0.2, 0.25) is 0 Å². The summed E-state index contributed by atoms with van der Waals surface area (Å²) in [7, 11) is 2.10. The first-order valence-corrected chi connectivity index (χ1v) is 9.33. The van der Waals surface area contributed by atoms with Crippen LogP contribution in [0.3, 0.4) is 0 Å². The van der Waals surface area contributed by atoms with Crippen molar-refractivity contribution in [2.24, 2.45) is 0 Å². The molecule has 0 saturated carbocycles. The van der Waals surface area contributed by atoms with Crippen molar-refractivity contribution in [2.45, 2.75) is 25.4 Å². The molecule has 2 fully saturated rings. The molecular weight excluding hydrogens is 316 g/mol. The van der Waals surface area contributed by atoms with E-state index >= 15 is 0 Å². The van der Waals surface area contributed by atoms with Crippen LogP contribution in [0.1, 0.15) is 24.9 Å². The number of nitrogens with one attached hydrogen (secondary N) is 1. The first kappa shape index (κ1) is 18.2. The zero-order valence-electron chi connectivity index (χ0n) is 15.3. The molecule has 6 nitrogen and oxygen atoms in total. The molecule has 2 aliphatic heterocycles. The smallest absolute Gasteiger partial charge is 0.244 e. The summed E-state index contributed by atoms with van der Waals surface area (Å²) >= 11 is 0. The minimum atomic E-state index is -0.317. The van der Waals surface area contributed by atoms with E-state index in [2.05, 4.69) is 29.1 Å². The van der Waals surface area contributed by atoms with E-state index in [1.807, 2.05) is 17.0 Å². The highest BCUT2D eigenvalue weighted by Crippen LogP contribution is 2.29. The number of likely N-dealkylation sites (N-methyl/N-ethyl adjacent to an activating group) is 1. The summed E-state index contributed by atoms with van der Waals surface area (Å²) in [6.45, 7) is 8.18. The van der Waals surface area contributed by atoms with Gasteiger partial charge in [-0.1, -0.05) is 19.1 Å². The fourth-order valence-electron chi connectivity index (χ4n) is 3.87. The quantitative estimate of drug-likeness (QED) is 0.848. The zero-order chi connectivity index (χ0) is 17.8. The van der Waals surface area contributed by atoms with E-state index in [0.717, 1.165) is 57.8 Å². The van der Waals surface area contributed by atoms with Crippen LogP contribution < -0.4 is 5.32 Å². The van der Waals surface area contributed by atoms with Crippen molar-refractivity contribution in [1.82, 2.24) is 20.0 Å². The Morgan fingerprint density at radius 1 is 1.28 bits per heavy atom. The van der Waals surface area contributed by atoms with Crippen molar-refractivity contribution in [3.8, 4) is 5.75 Å². The number of phenols is 1. The van der Waals surface area contributed by atoms with Crippen LogP contribution in [0.15, 0.2) is 24.3 Å². The Bertz CT molecular complexity index is 587. The summed E-state index contributed by atoms with van der Waals surface area (Å²) in [5.74, 6) is 0.385. The predicted octanol–water partition coefficient (Wildman–Crippen LogP) is 0.891. The van der Waals surface area contributed by atoms with E-state index in [9.17, 15) is 9.90 Å². The highest BCUT2D eigenvalue weighted by molar-refractivity contribution is 5.83. The summed E-state index contributed by atoms with van der Waals surface area (Å²) in [6, 6.07) is 7.22. The molecule has 3 rings (SSSR count). The Balaban J connectivity index is 1.89. The highest BCUT2D eigenvalue weighted by Gasteiger charge is 2.36. The first-order chi connectivity index (χ1) is 12.1. The van der Waals surface area contributed by atoms with E-state index in [0.29, 0.717) is 6.04 Å². The number of nitrogens with zero attached hydrogens (tertiary/aromatic N) is 3. The summed E-state index contributed by atoms with van der Waals surface area (Å²) < 4.78 is 0. The fraction of sp³-hybridized carbons (Fsp3) is 0.632. The monoisotopic (exact) mass is 346 g/mol. The molecule has 6 heteroatoms. The summed E-state index contributed by atoms with van der Waals surface area (Å²) in [5, 5.41) is 13.4. The summed E-state index contributed by atoms with van der Waals surface area (Å²) in [4.78, 5) is 20.0. The maximum Gasteiger partial charge on any atom is 0.244 e. The lowest BCUT2D eigenvalue weighted by Crippen LogP contribution is -2.57. The average Bonchev–Trinajstić information content (AvgIpc) is 2.63. The third-order valence-corrected chi connectivity index (χ3v) is 5.43. The molecule has 1 amide bonds. The third kappa shape index (κ3) is 4.14. The van der Waals surface area contributed by atoms with Crippen LogP contribution in [0.25, 0.3) is 0 Å². The van der Waals surface area contributed by atoms with Crippen molar-refractivity contribution in [3.63, 3.8) is 0 Å². The van der Waals surface area contributed by atoms with Crippen LogP contribution in [0.4, 0.5) is 0 Å². The SMILES string of the molecule is CCC1CNCCN1C(C(=O)N1CCN(C)CC1)c1cccc(O)c1. The number of amides is 1. The number of carbonyl (C=O) groups is 1. The lowest BCUT2D eigenvalue weighted by molar-refractivity contribution is -0.140. The third-order valence-electron chi connectivity index (χ3n) is 5.43. The number of hydrogen-bond acceptors (Lipinski definition) is 5. The number of aromatic hydroxyl groups is 1. The van der Waals surface area contributed by atoms with Gasteiger partial charge in [-0.3, -0.25) is 9.69 Å². The van der Waals surface area contributed by atoms with Crippen molar-refractivity contribution >= 4 is 5.91 Å². The van der Waals surface area contributed by atoms with Gasteiger partial charge in [0.1, 0.15) is 11.8 Å². The molecule has 2 unspecified atom stereocenters. The molecule has 2 N–H and O–H groups in total. The van der Waals surface area contributed by atoms with Crippen molar-refractivity contribution in [2.75, 3.05) is 52.9 Å². The van der Waals surface area contributed by atoms with Gasteiger partial charge in [0.05, 0.1) is 0 Å². The molecule has 0 bridgehead atoms. The average molecular weight is 346 g/mol. The van der Waals surface area contributed by atoms with Gasteiger partial charge in [-0.15, -0.1) is 0 Å². The molecule has 25 heavy (non-hydrogen) atoms. The van der Waals surface area contributed by atoms with Gasteiger partial charge < -0.3 is 20.2 Å². The minimum absolute atomic E-state index is 0.166. The number of phenolic OH excluding ortho intramolecular Hbond substituents is 1. The van der Waals surface area contributed by atoms with Crippen molar-refractivity contribution < 1.29 is 9.90 Å². The van der Waals surface area contributed by atoms with Gasteiger partial charge in [-0.05, 0) is 31.2 Å². The molecule has 0 aromatic heterocycles. The van der Waals surface area contributed by atoms with E-state index in [1.165, 1.54) is 0 Å². The van der Waals surface area contributed by atoms with Crippen LogP contribution in [0.5, 0.6) is 5.75 Å². The second kappa shape index (κ2) is 8.17. The van der Waals surface area contributed by atoms with Gasteiger partial charge in [0, 0.05) is 51.9 Å². The zero-order valence-corrected chi connectivity index (χ0v) is 15.3. The maximum atomic E-state index is 13.4. The predicted molar refractivity (Wildman–Crippen MR) is 98.6 cm³/mol. The van der Waals surface area contributed by atoms with E-state index in [4.69, 9.17) is 0 Å². The number of benzene rings is 1. The molecule has 2 aliphatic rings.